The molecule has 6 heteroatoms. The molecule has 140 valence electrons. The fraction of sp³-hybridized carbons (Fsp3) is 0.500. The lowest BCUT2D eigenvalue weighted by Crippen LogP contribution is -2.44. The molecular weight excluding hydrogens is 334 g/mol. The normalized spacial score (nSPS) is 17.6. The summed E-state index contributed by atoms with van der Waals surface area (Å²) in [6, 6.07) is 5.93. The first kappa shape index (κ1) is 18.3. The van der Waals surface area contributed by atoms with Crippen LogP contribution in [0.4, 0.5) is 0 Å². The Hall–Kier alpha value is -2.50. The van der Waals surface area contributed by atoms with E-state index in [0.29, 0.717) is 17.8 Å². The number of carboxylic acid groups (broad SMARTS) is 1. The number of carboxylic acids is 1. The second kappa shape index (κ2) is 7.40. The molecule has 1 atom stereocenters. The summed E-state index contributed by atoms with van der Waals surface area (Å²) in [6.07, 6.45) is 5.85. The molecule has 0 radical (unpaired) electrons. The van der Waals surface area contributed by atoms with Gasteiger partial charge < -0.3 is 19.6 Å². The Bertz CT molecular complexity index is 804. The van der Waals surface area contributed by atoms with E-state index in [0.717, 1.165) is 31.1 Å². The molecule has 3 rings (SSSR count). The molecule has 0 bridgehead atoms. The molecule has 1 aromatic carbocycles. The number of methoxy groups -OCH3 is 1. The zero-order valence-electron chi connectivity index (χ0n) is 15.2. The van der Waals surface area contributed by atoms with Crippen LogP contribution in [0.5, 0.6) is 5.75 Å². The molecule has 1 aliphatic rings. The molecule has 2 N–H and O–H groups in total. The maximum atomic E-state index is 12.5. The number of hydrogen-bond donors (Lipinski definition) is 2. The molecule has 1 aromatic heterocycles. The standard InChI is InChI=1S/C20H25NO5/c1-20(8-4-3-5-9-20)12-15(19(23)24)21-18(22)17-11-13-10-14(25-2)6-7-16(13)26-17/h6-7,10-11,15H,3-5,8-9,12H2,1-2H3,(H,21,22)(H,23,24). The van der Waals surface area contributed by atoms with Crippen molar-refractivity contribution in [3.63, 3.8) is 0 Å². The summed E-state index contributed by atoms with van der Waals surface area (Å²) in [4.78, 5) is 24.2. The third-order valence-electron chi connectivity index (χ3n) is 5.31. The van der Waals surface area contributed by atoms with Gasteiger partial charge >= 0.3 is 5.97 Å². The van der Waals surface area contributed by atoms with Crippen LogP contribution in [0.2, 0.25) is 0 Å². The third-order valence-corrected chi connectivity index (χ3v) is 5.31. The number of amides is 1. The second-order valence-electron chi connectivity index (χ2n) is 7.45. The third kappa shape index (κ3) is 4.00. The van der Waals surface area contributed by atoms with Gasteiger partial charge in [0.2, 0.25) is 0 Å². The van der Waals surface area contributed by atoms with Crippen LogP contribution in [-0.2, 0) is 4.79 Å². The van der Waals surface area contributed by atoms with Gasteiger partial charge in [0.15, 0.2) is 5.76 Å². The van der Waals surface area contributed by atoms with E-state index < -0.39 is 17.9 Å². The van der Waals surface area contributed by atoms with E-state index in [4.69, 9.17) is 9.15 Å². The van der Waals surface area contributed by atoms with E-state index in [1.807, 2.05) is 0 Å². The number of nitrogens with one attached hydrogen (secondary N) is 1. The SMILES string of the molecule is COc1ccc2oc(C(=O)NC(CC3(C)CCCCC3)C(=O)O)cc2c1. The number of ether oxygens (including phenoxy) is 1. The van der Waals surface area contributed by atoms with E-state index in [1.54, 1.807) is 31.4 Å². The Balaban J connectivity index is 1.74. The van der Waals surface area contributed by atoms with Gasteiger partial charge in [0.05, 0.1) is 7.11 Å². The summed E-state index contributed by atoms with van der Waals surface area (Å²) in [5.41, 5.74) is 0.512. The summed E-state index contributed by atoms with van der Waals surface area (Å²) in [7, 11) is 1.57. The summed E-state index contributed by atoms with van der Waals surface area (Å²) in [5, 5.41) is 12.9. The van der Waals surface area contributed by atoms with Crippen LogP contribution in [0.25, 0.3) is 11.0 Å². The first-order chi connectivity index (χ1) is 12.4. The molecule has 26 heavy (non-hydrogen) atoms. The largest absolute Gasteiger partial charge is 0.497 e. The smallest absolute Gasteiger partial charge is 0.326 e. The maximum absolute atomic E-state index is 12.5. The monoisotopic (exact) mass is 359 g/mol. The van der Waals surface area contributed by atoms with Gasteiger partial charge in [-0.25, -0.2) is 4.79 Å². The molecular formula is C20H25NO5. The van der Waals surface area contributed by atoms with E-state index in [-0.39, 0.29) is 11.2 Å². The topological polar surface area (TPSA) is 88.8 Å². The summed E-state index contributed by atoms with van der Waals surface area (Å²) in [6.45, 7) is 2.11. The zero-order valence-corrected chi connectivity index (χ0v) is 15.2. The number of rotatable bonds is 6. The minimum Gasteiger partial charge on any atom is -0.497 e. The number of carbonyl (C=O) groups excluding carboxylic acids is 1. The first-order valence-corrected chi connectivity index (χ1v) is 9.01. The molecule has 1 heterocycles. The number of furan rings is 1. The molecule has 1 amide bonds. The van der Waals surface area contributed by atoms with Crippen molar-refractivity contribution in [3.8, 4) is 5.75 Å². The first-order valence-electron chi connectivity index (χ1n) is 9.01. The number of hydrogen-bond acceptors (Lipinski definition) is 4. The number of aliphatic carboxylic acids is 1. The van der Waals surface area contributed by atoms with E-state index in [9.17, 15) is 14.7 Å². The van der Waals surface area contributed by atoms with Crippen LogP contribution in [0, 0.1) is 5.41 Å². The van der Waals surface area contributed by atoms with Gasteiger partial charge in [0.1, 0.15) is 17.4 Å². The van der Waals surface area contributed by atoms with Crippen LogP contribution >= 0.6 is 0 Å². The summed E-state index contributed by atoms with van der Waals surface area (Å²) in [5.74, 6) is -0.748. The molecule has 0 aliphatic heterocycles. The van der Waals surface area contributed by atoms with E-state index in [2.05, 4.69) is 12.2 Å². The summed E-state index contributed by atoms with van der Waals surface area (Å²) < 4.78 is 10.7. The van der Waals surface area contributed by atoms with Gasteiger partial charge in [0, 0.05) is 5.39 Å². The van der Waals surface area contributed by atoms with Gasteiger partial charge in [-0.1, -0.05) is 26.2 Å². The quantitative estimate of drug-likeness (QED) is 0.814. The zero-order chi connectivity index (χ0) is 18.7. The highest BCUT2D eigenvalue weighted by molar-refractivity contribution is 5.98. The fourth-order valence-corrected chi connectivity index (χ4v) is 3.79. The molecule has 1 fully saturated rings. The average molecular weight is 359 g/mol. The lowest BCUT2D eigenvalue weighted by Gasteiger charge is -2.35. The molecule has 0 saturated heterocycles. The Morgan fingerprint density at radius 3 is 2.65 bits per heavy atom. The minimum absolute atomic E-state index is 0.0458. The predicted octanol–water partition coefficient (Wildman–Crippen LogP) is 3.98. The molecule has 0 spiro atoms. The van der Waals surface area contributed by atoms with Crippen molar-refractivity contribution in [3.05, 3.63) is 30.0 Å². The van der Waals surface area contributed by atoms with Crippen molar-refractivity contribution in [2.75, 3.05) is 7.11 Å². The Morgan fingerprint density at radius 2 is 2.00 bits per heavy atom. The highest BCUT2D eigenvalue weighted by Gasteiger charge is 2.34. The molecule has 1 unspecified atom stereocenters. The van der Waals surface area contributed by atoms with Gasteiger partial charge in [-0.15, -0.1) is 0 Å². The van der Waals surface area contributed by atoms with Crippen molar-refractivity contribution in [2.45, 2.75) is 51.5 Å². The predicted molar refractivity (Wildman–Crippen MR) is 97.5 cm³/mol. The maximum Gasteiger partial charge on any atom is 0.326 e. The highest BCUT2D eigenvalue weighted by atomic mass is 16.5. The van der Waals surface area contributed by atoms with Crippen molar-refractivity contribution < 1.29 is 23.8 Å². The summed E-state index contributed by atoms with van der Waals surface area (Å²) >= 11 is 0. The van der Waals surface area contributed by atoms with E-state index >= 15 is 0 Å². The Morgan fingerprint density at radius 1 is 1.27 bits per heavy atom. The minimum atomic E-state index is -1.01. The molecule has 1 aliphatic carbocycles. The van der Waals surface area contributed by atoms with Crippen molar-refractivity contribution >= 4 is 22.8 Å². The number of fused-ring (bicyclic) bond motifs is 1. The van der Waals surface area contributed by atoms with Gasteiger partial charge in [-0.05, 0) is 48.9 Å². The molecule has 6 nitrogen and oxygen atoms in total. The Labute approximate surface area is 152 Å². The second-order valence-corrected chi connectivity index (χ2v) is 7.45. The highest BCUT2D eigenvalue weighted by Crippen LogP contribution is 2.39. The lowest BCUT2D eigenvalue weighted by atomic mass is 9.72. The van der Waals surface area contributed by atoms with Gasteiger partial charge in [-0.2, -0.15) is 0 Å². The van der Waals surface area contributed by atoms with Crippen molar-refractivity contribution in [1.82, 2.24) is 5.32 Å². The number of carbonyl (C=O) groups is 2. The molecule has 2 aromatic rings. The average Bonchev–Trinajstić information content (AvgIpc) is 3.04. The Kier molecular flexibility index (Phi) is 5.20. The molecule has 1 saturated carbocycles. The van der Waals surface area contributed by atoms with Crippen LogP contribution in [0.15, 0.2) is 28.7 Å². The van der Waals surface area contributed by atoms with Crippen LogP contribution in [0.1, 0.15) is 56.0 Å². The fourth-order valence-electron chi connectivity index (χ4n) is 3.79. The van der Waals surface area contributed by atoms with Crippen molar-refractivity contribution in [1.29, 1.82) is 0 Å². The van der Waals surface area contributed by atoms with Gasteiger partial charge in [0.25, 0.3) is 5.91 Å². The number of benzene rings is 1. The lowest BCUT2D eigenvalue weighted by molar-refractivity contribution is -0.140. The van der Waals surface area contributed by atoms with Gasteiger partial charge in [-0.3, -0.25) is 4.79 Å². The van der Waals surface area contributed by atoms with E-state index in [1.165, 1.54) is 6.42 Å². The van der Waals surface area contributed by atoms with Crippen LogP contribution < -0.4 is 10.1 Å². The van der Waals surface area contributed by atoms with Crippen LogP contribution in [0.3, 0.4) is 0 Å². The van der Waals surface area contributed by atoms with Crippen LogP contribution in [-0.4, -0.2) is 30.1 Å². The van der Waals surface area contributed by atoms with Crippen molar-refractivity contribution in [2.24, 2.45) is 5.41 Å².